The number of ether oxygens (including phenoxy) is 3. The van der Waals surface area contributed by atoms with Gasteiger partial charge in [-0.15, -0.1) is 0 Å². The predicted molar refractivity (Wildman–Crippen MR) is 80.5 cm³/mol. The van der Waals surface area contributed by atoms with Crippen LogP contribution in [0.3, 0.4) is 0 Å². The zero-order valence-electron chi connectivity index (χ0n) is 14.5. The lowest BCUT2D eigenvalue weighted by atomic mass is 9.86. The van der Waals surface area contributed by atoms with E-state index in [0.29, 0.717) is 11.8 Å². The minimum absolute atomic E-state index is 0.0196. The zero-order valence-corrected chi connectivity index (χ0v) is 14.5. The highest BCUT2D eigenvalue weighted by atomic mass is 16.6. The molecule has 7 nitrogen and oxygen atoms in total. The Labute approximate surface area is 137 Å². The first kappa shape index (κ1) is 20.3. The number of methoxy groups -OCH3 is 1. The van der Waals surface area contributed by atoms with Crippen molar-refractivity contribution in [3.05, 3.63) is 0 Å². The van der Waals surface area contributed by atoms with Crippen molar-refractivity contribution in [2.45, 2.75) is 58.2 Å². The number of aliphatic carboxylic acids is 1. The topological polar surface area (TPSA) is 108 Å². The van der Waals surface area contributed by atoms with Crippen LogP contribution >= 0.6 is 0 Å². The van der Waals surface area contributed by atoms with E-state index in [0.717, 1.165) is 6.61 Å². The molecule has 0 aliphatic carbocycles. The van der Waals surface area contributed by atoms with Crippen LogP contribution in [0.5, 0.6) is 0 Å². The van der Waals surface area contributed by atoms with Gasteiger partial charge in [0.2, 0.25) is 0 Å². The minimum Gasteiger partial charge on any atom is -0.547 e. The van der Waals surface area contributed by atoms with E-state index in [-0.39, 0.29) is 24.7 Å². The third-order valence-corrected chi connectivity index (χ3v) is 4.80. The first-order chi connectivity index (χ1) is 10.7. The average Bonchev–Trinajstić information content (AvgIpc) is 2.52. The Morgan fingerprint density at radius 2 is 1.61 bits per heavy atom. The van der Waals surface area contributed by atoms with Crippen LogP contribution in [0.15, 0.2) is 0 Å². The van der Waals surface area contributed by atoms with Crippen molar-refractivity contribution < 1.29 is 34.3 Å². The molecule has 0 aromatic rings. The minimum atomic E-state index is -1.35. The number of hydrogen-bond acceptors (Lipinski definition) is 7. The lowest BCUT2D eigenvalue weighted by Crippen LogP contribution is -2.56. The third kappa shape index (κ3) is 5.12. The lowest BCUT2D eigenvalue weighted by molar-refractivity contribution is -0.327. The molecule has 2 heterocycles. The maximum Gasteiger partial charge on any atom is 0.125 e. The molecule has 2 aliphatic rings. The van der Waals surface area contributed by atoms with Crippen LogP contribution in [-0.4, -0.2) is 67.0 Å². The summed E-state index contributed by atoms with van der Waals surface area (Å²) in [5, 5.41) is 29.6. The molecule has 4 unspecified atom stereocenters. The molecule has 136 valence electrons. The number of carbonyl (C=O) groups is 1. The second kappa shape index (κ2) is 8.94. The Bertz CT molecular complexity index is 361. The number of carboxylic acids is 1. The van der Waals surface area contributed by atoms with Gasteiger partial charge in [0.05, 0.1) is 30.9 Å². The van der Waals surface area contributed by atoms with E-state index >= 15 is 0 Å². The monoisotopic (exact) mass is 333 g/mol. The highest BCUT2D eigenvalue weighted by Crippen LogP contribution is 2.25. The van der Waals surface area contributed by atoms with Gasteiger partial charge in [-0.1, -0.05) is 20.8 Å². The molecule has 0 aromatic carbocycles. The molecular formula is C16H29O7-. The van der Waals surface area contributed by atoms with Gasteiger partial charge < -0.3 is 34.3 Å². The fourth-order valence-corrected chi connectivity index (χ4v) is 2.73. The number of carboxylic acid groups (broad SMARTS) is 1. The second-order valence-electron chi connectivity index (χ2n) is 6.61. The van der Waals surface area contributed by atoms with Gasteiger partial charge in [-0.05, 0) is 18.8 Å². The summed E-state index contributed by atoms with van der Waals surface area (Å²) >= 11 is 0. The smallest absolute Gasteiger partial charge is 0.125 e. The molecule has 2 rings (SSSR count). The molecule has 0 amide bonds. The second-order valence-corrected chi connectivity index (χ2v) is 6.61. The third-order valence-electron chi connectivity index (χ3n) is 4.80. The van der Waals surface area contributed by atoms with Gasteiger partial charge in [-0.25, -0.2) is 0 Å². The van der Waals surface area contributed by atoms with Gasteiger partial charge in [-0.3, -0.25) is 0 Å². The largest absolute Gasteiger partial charge is 0.547 e. The van der Waals surface area contributed by atoms with Crippen LogP contribution in [0.2, 0.25) is 0 Å². The summed E-state index contributed by atoms with van der Waals surface area (Å²) in [7, 11) is 1.34. The summed E-state index contributed by atoms with van der Waals surface area (Å²) < 4.78 is 15.2. The van der Waals surface area contributed by atoms with E-state index in [9.17, 15) is 20.1 Å². The average molecular weight is 333 g/mol. The first-order valence-electron chi connectivity index (χ1n) is 8.03. The maximum absolute atomic E-state index is 10.5. The first-order valence-corrected chi connectivity index (χ1v) is 8.03. The Balaban J connectivity index is 0.000000238. The SMILES string of the molecule is CC1OCC(C)[C@H](C)[C@@H]1O.CO[C@@H]1C(C(=O)[O-])OCC(C)[C@H]1O. The fraction of sp³-hybridized carbons (Fsp3) is 0.938. The van der Waals surface area contributed by atoms with Crippen LogP contribution in [0.4, 0.5) is 0 Å². The Hall–Kier alpha value is -0.730. The molecule has 7 heteroatoms. The Kier molecular flexibility index (Phi) is 7.89. The van der Waals surface area contributed by atoms with E-state index < -0.39 is 24.3 Å². The molecule has 2 aliphatic heterocycles. The van der Waals surface area contributed by atoms with Crippen LogP contribution in [0.1, 0.15) is 27.7 Å². The van der Waals surface area contributed by atoms with Gasteiger partial charge >= 0.3 is 0 Å². The summed E-state index contributed by atoms with van der Waals surface area (Å²) in [6.45, 7) is 8.88. The molecule has 0 radical (unpaired) electrons. The van der Waals surface area contributed by atoms with Gasteiger partial charge in [0, 0.05) is 19.6 Å². The highest BCUT2D eigenvalue weighted by molar-refractivity contribution is 5.71. The molecule has 2 N–H and O–H groups in total. The number of aliphatic hydroxyl groups is 2. The zero-order chi connectivity index (χ0) is 17.7. The van der Waals surface area contributed by atoms with Crippen molar-refractivity contribution in [2.75, 3.05) is 20.3 Å². The maximum atomic E-state index is 10.5. The normalized spacial score (nSPS) is 44.1. The molecular weight excluding hydrogens is 304 g/mol. The molecule has 2 saturated heterocycles. The van der Waals surface area contributed by atoms with Crippen molar-refractivity contribution >= 4 is 5.97 Å². The van der Waals surface area contributed by atoms with Gasteiger partial charge in [0.25, 0.3) is 0 Å². The summed E-state index contributed by atoms with van der Waals surface area (Å²) in [4.78, 5) is 10.5. The van der Waals surface area contributed by atoms with Crippen molar-refractivity contribution in [1.82, 2.24) is 0 Å². The quantitative estimate of drug-likeness (QED) is 0.680. The fourth-order valence-electron chi connectivity index (χ4n) is 2.73. The molecule has 0 spiro atoms. The van der Waals surface area contributed by atoms with Crippen LogP contribution < -0.4 is 5.11 Å². The Morgan fingerprint density at radius 3 is 2.09 bits per heavy atom. The van der Waals surface area contributed by atoms with Crippen molar-refractivity contribution in [2.24, 2.45) is 17.8 Å². The summed E-state index contributed by atoms with van der Waals surface area (Å²) in [6, 6.07) is 0. The summed E-state index contributed by atoms with van der Waals surface area (Å²) in [6.07, 6.45) is -3.08. The van der Waals surface area contributed by atoms with Gasteiger partial charge in [0.1, 0.15) is 12.2 Å². The lowest BCUT2D eigenvalue weighted by Gasteiger charge is -2.38. The van der Waals surface area contributed by atoms with Crippen molar-refractivity contribution in [1.29, 1.82) is 0 Å². The van der Waals surface area contributed by atoms with E-state index in [1.165, 1.54) is 7.11 Å². The van der Waals surface area contributed by atoms with E-state index in [2.05, 4.69) is 13.8 Å². The highest BCUT2D eigenvalue weighted by Gasteiger charge is 2.38. The van der Waals surface area contributed by atoms with Gasteiger partial charge in [0.15, 0.2) is 0 Å². The summed E-state index contributed by atoms with van der Waals surface area (Å²) in [5.41, 5.74) is 0. The Morgan fingerprint density at radius 1 is 1.04 bits per heavy atom. The van der Waals surface area contributed by atoms with E-state index in [4.69, 9.17) is 14.2 Å². The van der Waals surface area contributed by atoms with Crippen LogP contribution in [0, 0.1) is 17.8 Å². The van der Waals surface area contributed by atoms with Crippen molar-refractivity contribution in [3.8, 4) is 0 Å². The molecule has 0 aromatic heterocycles. The standard InChI is InChI=1S/C8H14O5.C8H16O2/c1-4-3-13-7(8(10)11)6(12-2)5(4)9;1-5-4-10-7(3)8(9)6(5)2/h4-7,9H,3H2,1-2H3,(H,10,11);5-9H,4H2,1-3H3/p-1/t4?,5-,6+,7?;5?,6-,7?,8-/m10/s1. The van der Waals surface area contributed by atoms with Crippen LogP contribution in [0.25, 0.3) is 0 Å². The number of rotatable bonds is 2. The predicted octanol–water partition coefficient (Wildman–Crippen LogP) is -0.815. The van der Waals surface area contributed by atoms with E-state index in [1.807, 2.05) is 6.92 Å². The number of hydrogen-bond donors (Lipinski definition) is 2. The van der Waals surface area contributed by atoms with Crippen LogP contribution in [-0.2, 0) is 19.0 Å². The number of aliphatic hydroxyl groups excluding tert-OH is 2. The van der Waals surface area contributed by atoms with Gasteiger partial charge in [-0.2, -0.15) is 0 Å². The van der Waals surface area contributed by atoms with E-state index in [1.54, 1.807) is 6.92 Å². The molecule has 2 fully saturated rings. The molecule has 0 saturated carbocycles. The molecule has 0 bridgehead atoms. The van der Waals surface area contributed by atoms with Crippen molar-refractivity contribution in [3.63, 3.8) is 0 Å². The number of carbonyl (C=O) groups excluding carboxylic acids is 1. The summed E-state index contributed by atoms with van der Waals surface area (Å²) in [5.74, 6) is -0.603. The molecule has 8 atom stereocenters. The molecule has 23 heavy (non-hydrogen) atoms.